The number of hydrogen-bond donors (Lipinski definition) is 2. The monoisotopic (exact) mass is 504 g/mol. The van der Waals surface area contributed by atoms with E-state index in [2.05, 4.69) is 54.5 Å². The summed E-state index contributed by atoms with van der Waals surface area (Å²) in [6, 6.07) is 6.04. The van der Waals surface area contributed by atoms with Crippen LogP contribution in [0, 0.1) is 0 Å². The minimum Gasteiger partial charge on any atom is -0.493 e. The van der Waals surface area contributed by atoms with Crippen LogP contribution in [-0.4, -0.2) is 57.3 Å². The molecule has 6 nitrogen and oxygen atoms in total. The third kappa shape index (κ3) is 6.99. The molecule has 0 amide bonds. The van der Waals surface area contributed by atoms with E-state index in [9.17, 15) is 0 Å². The Bertz CT molecular complexity index is 629. The average molecular weight is 504 g/mol. The summed E-state index contributed by atoms with van der Waals surface area (Å²) in [6.45, 7) is 5.82. The Labute approximate surface area is 187 Å². The number of aliphatic imine (C=N–C) groups is 1. The van der Waals surface area contributed by atoms with E-state index in [0.717, 1.165) is 42.4 Å². The van der Waals surface area contributed by atoms with Crippen LogP contribution in [0.3, 0.4) is 0 Å². The van der Waals surface area contributed by atoms with Crippen molar-refractivity contribution in [2.24, 2.45) is 4.99 Å². The fraction of sp³-hybridized carbons (Fsp3) is 0.667. The fourth-order valence-corrected chi connectivity index (χ4v) is 3.03. The summed E-state index contributed by atoms with van der Waals surface area (Å²) in [5, 5.41) is 6.81. The molecule has 160 valence electrons. The third-order valence-electron chi connectivity index (χ3n) is 5.44. The summed E-state index contributed by atoms with van der Waals surface area (Å²) in [5.41, 5.74) is 1.11. The van der Waals surface area contributed by atoms with Crippen LogP contribution < -0.4 is 20.1 Å². The molecule has 2 N–H and O–H groups in total. The van der Waals surface area contributed by atoms with Gasteiger partial charge in [0.05, 0.1) is 13.2 Å². The summed E-state index contributed by atoms with van der Waals surface area (Å²) in [5.74, 6) is 2.42. The van der Waals surface area contributed by atoms with Crippen molar-refractivity contribution in [3.8, 4) is 11.5 Å². The van der Waals surface area contributed by atoms with Crippen LogP contribution in [0.1, 0.15) is 45.1 Å². The fourth-order valence-electron chi connectivity index (χ4n) is 3.03. The second-order valence-electron chi connectivity index (χ2n) is 7.96. The average Bonchev–Trinajstić information content (AvgIpc) is 3.15. The zero-order valence-corrected chi connectivity index (χ0v) is 20.5. The molecule has 1 aliphatic rings. The van der Waals surface area contributed by atoms with Crippen LogP contribution in [0.25, 0.3) is 0 Å². The topological polar surface area (TPSA) is 58.1 Å². The van der Waals surface area contributed by atoms with E-state index in [1.807, 2.05) is 12.1 Å². The summed E-state index contributed by atoms with van der Waals surface area (Å²) in [6.07, 6.45) is 5.01. The van der Waals surface area contributed by atoms with Gasteiger partial charge >= 0.3 is 0 Å². The molecule has 0 heterocycles. The lowest BCUT2D eigenvalue weighted by molar-refractivity contribution is 0.197. The maximum Gasteiger partial charge on any atom is 0.191 e. The van der Waals surface area contributed by atoms with Crippen LogP contribution in [0.2, 0.25) is 0 Å². The van der Waals surface area contributed by atoms with E-state index in [1.54, 1.807) is 14.2 Å². The number of para-hydroxylation sites is 1. The van der Waals surface area contributed by atoms with E-state index in [0.29, 0.717) is 12.6 Å². The highest BCUT2D eigenvalue weighted by Crippen LogP contribution is 2.34. The molecule has 0 unspecified atom stereocenters. The van der Waals surface area contributed by atoms with Gasteiger partial charge in [0.15, 0.2) is 17.5 Å². The summed E-state index contributed by atoms with van der Waals surface area (Å²) < 4.78 is 11.9. The molecule has 28 heavy (non-hydrogen) atoms. The van der Waals surface area contributed by atoms with Gasteiger partial charge in [-0.25, -0.2) is 0 Å². The maximum atomic E-state index is 6.31. The first-order valence-electron chi connectivity index (χ1n) is 9.82. The molecule has 0 saturated heterocycles. The number of rotatable bonds is 8. The predicted molar refractivity (Wildman–Crippen MR) is 127 cm³/mol. The first kappa shape index (κ1) is 24.8. The quantitative estimate of drug-likeness (QED) is 0.322. The van der Waals surface area contributed by atoms with Gasteiger partial charge in [0.25, 0.3) is 0 Å². The number of nitrogens with zero attached hydrogens (tertiary/aromatic N) is 2. The van der Waals surface area contributed by atoms with Gasteiger partial charge in [-0.2, -0.15) is 0 Å². The lowest BCUT2D eigenvalue weighted by atomic mass is 10.0. The van der Waals surface area contributed by atoms with Crippen molar-refractivity contribution >= 4 is 29.9 Å². The number of halogens is 1. The first-order valence-corrected chi connectivity index (χ1v) is 9.82. The number of benzene rings is 1. The summed E-state index contributed by atoms with van der Waals surface area (Å²) in [4.78, 5) is 6.54. The Morgan fingerprint density at radius 1 is 1.21 bits per heavy atom. The van der Waals surface area contributed by atoms with Gasteiger partial charge in [-0.05, 0) is 59.7 Å². The molecule has 0 radical (unpaired) electrons. The molecular formula is C21H37IN4O2. The van der Waals surface area contributed by atoms with Gasteiger partial charge in [0, 0.05) is 31.2 Å². The van der Waals surface area contributed by atoms with Gasteiger partial charge in [-0.1, -0.05) is 12.1 Å². The Morgan fingerprint density at radius 3 is 2.46 bits per heavy atom. The zero-order chi connectivity index (χ0) is 19.9. The van der Waals surface area contributed by atoms with Crippen molar-refractivity contribution in [2.45, 2.75) is 57.7 Å². The molecule has 0 spiro atoms. The van der Waals surface area contributed by atoms with Crippen molar-refractivity contribution in [1.29, 1.82) is 0 Å². The normalized spacial score (nSPS) is 15.3. The van der Waals surface area contributed by atoms with Crippen molar-refractivity contribution in [3.63, 3.8) is 0 Å². The molecule has 1 aromatic rings. The number of ether oxygens (including phenoxy) is 2. The lowest BCUT2D eigenvalue weighted by Crippen LogP contribution is -2.50. The van der Waals surface area contributed by atoms with Crippen molar-refractivity contribution in [2.75, 3.05) is 34.8 Å². The Hall–Kier alpha value is -1.22. The molecular weight excluding hydrogens is 467 g/mol. The number of likely N-dealkylation sites (N-methyl/N-ethyl adjacent to an activating group) is 1. The molecule has 2 rings (SSSR count). The second kappa shape index (κ2) is 11.7. The smallest absolute Gasteiger partial charge is 0.191 e. The maximum absolute atomic E-state index is 6.31. The molecule has 0 bridgehead atoms. The third-order valence-corrected chi connectivity index (χ3v) is 5.44. The molecule has 7 heteroatoms. The summed E-state index contributed by atoms with van der Waals surface area (Å²) >= 11 is 0. The van der Waals surface area contributed by atoms with Crippen molar-refractivity contribution < 1.29 is 9.47 Å². The number of hydrogen-bond acceptors (Lipinski definition) is 4. The first-order chi connectivity index (χ1) is 12.9. The Balaban J connectivity index is 0.00000392. The Morgan fingerprint density at radius 2 is 1.89 bits per heavy atom. The minimum absolute atomic E-state index is 0. The van der Waals surface area contributed by atoms with Gasteiger partial charge in [0.1, 0.15) is 0 Å². The van der Waals surface area contributed by atoms with Crippen LogP contribution in [0.5, 0.6) is 11.5 Å². The van der Waals surface area contributed by atoms with Crippen molar-refractivity contribution in [3.05, 3.63) is 23.8 Å². The minimum atomic E-state index is 0. The van der Waals surface area contributed by atoms with Crippen molar-refractivity contribution in [1.82, 2.24) is 15.5 Å². The molecule has 1 fully saturated rings. The zero-order valence-electron chi connectivity index (χ0n) is 18.2. The highest BCUT2D eigenvalue weighted by Gasteiger charge is 2.22. The SMILES string of the molecule is CN=C(NCc1cccc(OC)c1OC1CCCC1)NCC(C)(C)N(C)C.I. The molecule has 1 saturated carbocycles. The molecule has 0 aliphatic heterocycles. The molecule has 1 aromatic carbocycles. The number of methoxy groups -OCH3 is 1. The van der Waals surface area contributed by atoms with E-state index >= 15 is 0 Å². The van der Waals surface area contributed by atoms with Crippen LogP contribution in [0.15, 0.2) is 23.2 Å². The second-order valence-corrected chi connectivity index (χ2v) is 7.96. The highest BCUT2D eigenvalue weighted by molar-refractivity contribution is 14.0. The van der Waals surface area contributed by atoms with E-state index < -0.39 is 0 Å². The summed E-state index contributed by atoms with van der Waals surface area (Å²) in [7, 11) is 7.65. The molecule has 1 aliphatic carbocycles. The van der Waals surface area contributed by atoms with Gasteiger partial charge in [0.2, 0.25) is 0 Å². The number of nitrogens with one attached hydrogen (secondary N) is 2. The lowest BCUT2D eigenvalue weighted by Gasteiger charge is -2.33. The van der Waals surface area contributed by atoms with Crippen LogP contribution in [-0.2, 0) is 6.54 Å². The van der Waals surface area contributed by atoms with E-state index in [4.69, 9.17) is 9.47 Å². The van der Waals surface area contributed by atoms with Crippen LogP contribution >= 0.6 is 24.0 Å². The van der Waals surface area contributed by atoms with Crippen LogP contribution in [0.4, 0.5) is 0 Å². The predicted octanol–water partition coefficient (Wildman–Crippen LogP) is 3.64. The van der Waals surface area contributed by atoms with E-state index in [-0.39, 0.29) is 29.5 Å². The van der Waals surface area contributed by atoms with Gasteiger partial charge in [-0.15, -0.1) is 24.0 Å². The standard InChI is InChI=1S/C21H36N4O2.HI/c1-21(2,25(4)5)15-24-20(22-3)23-14-16-10-9-13-18(26-6)19(16)27-17-11-7-8-12-17;/h9-10,13,17H,7-8,11-12,14-15H2,1-6H3,(H2,22,23,24);1H. The van der Waals surface area contributed by atoms with Gasteiger partial charge < -0.3 is 25.0 Å². The number of guanidine groups is 1. The van der Waals surface area contributed by atoms with Gasteiger partial charge in [-0.3, -0.25) is 4.99 Å². The Kier molecular flexibility index (Phi) is 10.4. The highest BCUT2D eigenvalue weighted by atomic mass is 127. The molecule has 0 atom stereocenters. The largest absolute Gasteiger partial charge is 0.493 e. The van der Waals surface area contributed by atoms with E-state index in [1.165, 1.54) is 12.8 Å². The molecule has 0 aromatic heterocycles.